The molecular formula is C54H34N4. The van der Waals surface area contributed by atoms with Gasteiger partial charge in [-0.2, -0.15) is 5.26 Å². The maximum atomic E-state index is 9.70. The van der Waals surface area contributed by atoms with Crippen LogP contribution >= 0.6 is 0 Å². The lowest BCUT2D eigenvalue weighted by molar-refractivity contribution is 0.769. The highest BCUT2D eigenvalue weighted by atomic mass is 15.0. The maximum Gasteiger partial charge on any atom is 0.160 e. The molecule has 2 aromatic heterocycles. The van der Waals surface area contributed by atoms with Crippen LogP contribution in [0.25, 0.3) is 72.5 Å². The average Bonchev–Trinajstić information content (AvgIpc) is 3.79. The smallest absolute Gasteiger partial charge is 0.160 e. The molecule has 4 nitrogen and oxygen atoms in total. The van der Waals surface area contributed by atoms with Crippen LogP contribution in [0.15, 0.2) is 206 Å². The summed E-state index contributed by atoms with van der Waals surface area (Å²) < 4.78 is 2.40. The van der Waals surface area contributed by atoms with Crippen molar-refractivity contribution in [2.75, 3.05) is 0 Å². The minimum atomic E-state index is -0.517. The summed E-state index contributed by atoms with van der Waals surface area (Å²) in [4.78, 5) is 10.3. The van der Waals surface area contributed by atoms with Crippen molar-refractivity contribution in [3.63, 3.8) is 0 Å². The number of nitrogens with zero attached hydrogens (tertiary/aromatic N) is 4. The van der Waals surface area contributed by atoms with Gasteiger partial charge >= 0.3 is 0 Å². The Bertz CT molecular complexity index is 3190. The fourth-order valence-corrected chi connectivity index (χ4v) is 9.19. The number of hydrogen-bond acceptors (Lipinski definition) is 3. The lowest BCUT2D eigenvalue weighted by Gasteiger charge is -2.34. The van der Waals surface area contributed by atoms with Crippen molar-refractivity contribution >= 4 is 21.8 Å². The molecule has 4 heteroatoms. The van der Waals surface area contributed by atoms with Crippen LogP contribution in [0.1, 0.15) is 27.8 Å². The predicted octanol–water partition coefficient (Wildman–Crippen LogP) is 12.8. The lowest BCUT2D eigenvalue weighted by Crippen LogP contribution is -2.28. The third-order valence-corrected chi connectivity index (χ3v) is 11.7. The van der Waals surface area contributed by atoms with Crippen LogP contribution in [-0.4, -0.2) is 14.5 Å². The van der Waals surface area contributed by atoms with Crippen LogP contribution in [0.4, 0.5) is 0 Å². The summed E-state index contributed by atoms with van der Waals surface area (Å²) in [5.41, 5.74) is 15.2. The number of para-hydroxylation sites is 1. The molecule has 1 aliphatic carbocycles. The zero-order valence-electron chi connectivity index (χ0n) is 31.4. The van der Waals surface area contributed by atoms with Gasteiger partial charge < -0.3 is 4.57 Å². The SMILES string of the molecule is N#Cc1cccc(-c2cc(-c3ccccc3)nc(-c3cccc(-n4c5ccccc5c5cc6c(cc54)C(c4ccccc4)(c4ccccc4)c4ccccc4-6)c3)n2)c1. The molecule has 0 atom stereocenters. The summed E-state index contributed by atoms with van der Waals surface area (Å²) >= 11 is 0. The van der Waals surface area contributed by atoms with Crippen LogP contribution in [0, 0.1) is 11.3 Å². The molecule has 0 saturated heterocycles. The van der Waals surface area contributed by atoms with E-state index in [4.69, 9.17) is 9.97 Å². The number of fused-ring (bicyclic) bond motifs is 6. The first kappa shape index (κ1) is 33.5. The van der Waals surface area contributed by atoms with Gasteiger partial charge in [-0.3, -0.25) is 0 Å². The second-order valence-corrected chi connectivity index (χ2v) is 14.9. The zero-order valence-corrected chi connectivity index (χ0v) is 31.4. The van der Waals surface area contributed by atoms with E-state index in [1.807, 2.05) is 48.5 Å². The van der Waals surface area contributed by atoms with Gasteiger partial charge in [-0.25, -0.2) is 9.97 Å². The van der Waals surface area contributed by atoms with Crippen molar-refractivity contribution in [1.29, 1.82) is 5.26 Å². The second kappa shape index (κ2) is 13.4. The highest BCUT2D eigenvalue weighted by Gasteiger charge is 2.46. The third-order valence-electron chi connectivity index (χ3n) is 11.7. The van der Waals surface area contributed by atoms with E-state index in [1.165, 1.54) is 44.2 Å². The Labute approximate surface area is 336 Å². The van der Waals surface area contributed by atoms with E-state index in [0.29, 0.717) is 11.4 Å². The molecular weight excluding hydrogens is 705 g/mol. The van der Waals surface area contributed by atoms with Crippen molar-refractivity contribution in [2.24, 2.45) is 0 Å². The fraction of sp³-hybridized carbons (Fsp3) is 0.0185. The van der Waals surface area contributed by atoms with Gasteiger partial charge in [-0.1, -0.05) is 158 Å². The third kappa shape index (κ3) is 5.15. The van der Waals surface area contributed by atoms with Crippen molar-refractivity contribution in [2.45, 2.75) is 5.41 Å². The molecule has 0 amide bonds. The van der Waals surface area contributed by atoms with Gasteiger partial charge in [0.05, 0.1) is 39.5 Å². The van der Waals surface area contributed by atoms with Crippen LogP contribution in [0.3, 0.4) is 0 Å². The van der Waals surface area contributed by atoms with Gasteiger partial charge in [-0.05, 0) is 81.9 Å². The topological polar surface area (TPSA) is 54.5 Å². The number of hydrogen-bond donors (Lipinski definition) is 0. The first-order valence-electron chi connectivity index (χ1n) is 19.6. The van der Waals surface area contributed by atoms with E-state index in [9.17, 15) is 5.26 Å². The minimum absolute atomic E-state index is 0.517. The van der Waals surface area contributed by atoms with E-state index in [2.05, 4.69) is 168 Å². The van der Waals surface area contributed by atoms with E-state index < -0.39 is 5.41 Å². The molecule has 0 fully saturated rings. The molecule has 0 spiro atoms. The molecule has 58 heavy (non-hydrogen) atoms. The predicted molar refractivity (Wildman–Crippen MR) is 235 cm³/mol. The highest BCUT2D eigenvalue weighted by Crippen LogP contribution is 2.57. The normalized spacial score (nSPS) is 12.6. The summed E-state index contributed by atoms with van der Waals surface area (Å²) in [6, 6.07) is 75.1. The number of nitriles is 1. The maximum absolute atomic E-state index is 9.70. The monoisotopic (exact) mass is 738 g/mol. The summed E-state index contributed by atoms with van der Waals surface area (Å²) in [7, 11) is 0. The lowest BCUT2D eigenvalue weighted by atomic mass is 9.67. The van der Waals surface area contributed by atoms with Gasteiger partial charge in [0.2, 0.25) is 0 Å². The van der Waals surface area contributed by atoms with E-state index in [-0.39, 0.29) is 0 Å². The van der Waals surface area contributed by atoms with Crippen LogP contribution in [0.2, 0.25) is 0 Å². The Morgan fingerprint density at radius 3 is 1.81 bits per heavy atom. The molecule has 11 rings (SSSR count). The van der Waals surface area contributed by atoms with Gasteiger partial charge in [0, 0.05) is 33.2 Å². The summed E-state index contributed by atoms with van der Waals surface area (Å²) in [5.74, 6) is 0.616. The van der Waals surface area contributed by atoms with Crippen molar-refractivity contribution in [1.82, 2.24) is 14.5 Å². The van der Waals surface area contributed by atoms with Crippen molar-refractivity contribution in [3.05, 3.63) is 234 Å². The zero-order chi connectivity index (χ0) is 38.6. The molecule has 2 heterocycles. The fourth-order valence-electron chi connectivity index (χ4n) is 9.19. The first-order chi connectivity index (χ1) is 28.7. The molecule has 0 bridgehead atoms. The Morgan fingerprint density at radius 1 is 0.431 bits per heavy atom. The standard InChI is InChI=1S/C54H34N4/c55-35-36-16-14-19-38(30-36)50-34-49(37-17-4-1-5-18-37)56-53(57-50)39-20-15-25-42(31-39)58-51-29-13-11-27-44(51)46-32-45-43-26-10-12-28-47(43)54(48(45)33-52(46)58,40-21-6-2-7-22-40)41-23-8-3-9-24-41/h1-34H. The van der Waals surface area contributed by atoms with Crippen LogP contribution < -0.4 is 0 Å². The molecule has 1 aliphatic rings. The van der Waals surface area contributed by atoms with Gasteiger partial charge in [0.25, 0.3) is 0 Å². The molecule has 0 unspecified atom stereocenters. The number of aromatic nitrogens is 3. The first-order valence-corrected chi connectivity index (χ1v) is 19.6. The van der Waals surface area contributed by atoms with Gasteiger partial charge in [0.15, 0.2) is 5.82 Å². The highest BCUT2D eigenvalue weighted by molar-refractivity contribution is 6.12. The molecule has 0 N–H and O–H groups in total. The van der Waals surface area contributed by atoms with Crippen LogP contribution in [-0.2, 0) is 5.41 Å². The molecule has 270 valence electrons. The Morgan fingerprint density at radius 2 is 1.05 bits per heavy atom. The Hall–Kier alpha value is -7.87. The van der Waals surface area contributed by atoms with Gasteiger partial charge in [0.1, 0.15) is 0 Å². The largest absolute Gasteiger partial charge is 0.309 e. The molecule has 0 aliphatic heterocycles. The molecule has 10 aromatic rings. The van der Waals surface area contributed by atoms with Crippen molar-refractivity contribution in [3.8, 4) is 56.8 Å². The molecule has 0 saturated carbocycles. The Kier molecular flexibility index (Phi) is 7.74. The van der Waals surface area contributed by atoms with E-state index in [0.717, 1.165) is 44.8 Å². The summed E-state index contributed by atoms with van der Waals surface area (Å²) in [6.45, 7) is 0. The summed E-state index contributed by atoms with van der Waals surface area (Å²) in [6.07, 6.45) is 0. The molecule has 0 radical (unpaired) electrons. The quantitative estimate of drug-likeness (QED) is 0.171. The van der Waals surface area contributed by atoms with Gasteiger partial charge in [-0.15, -0.1) is 0 Å². The van der Waals surface area contributed by atoms with E-state index >= 15 is 0 Å². The van der Waals surface area contributed by atoms with Crippen LogP contribution in [0.5, 0.6) is 0 Å². The average molecular weight is 739 g/mol. The molecule has 8 aromatic carbocycles. The van der Waals surface area contributed by atoms with Crippen molar-refractivity contribution < 1.29 is 0 Å². The van der Waals surface area contributed by atoms with E-state index in [1.54, 1.807) is 0 Å². The second-order valence-electron chi connectivity index (χ2n) is 14.9. The number of benzene rings is 8. The minimum Gasteiger partial charge on any atom is -0.309 e. The number of rotatable bonds is 6. The Balaban J connectivity index is 1.16. The summed E-state index contributed by atoms with van der Waals surface area (Å²) in [5, 5.41) is 12.1.